The first-order valence-electron chi connectivity index (χ1n) is 4.99. The van der Waals surface area contributed by atoms with E-state index in [9.17, 15) is 18.0 Å². The van der Waals surface area contributed by atoms with Gasteiger partial charge in [0, 0.05) is 5.56 Å². The number of methoxy groups -OCH3 is 1. The lowest BCUT2D eigenvalue weighted by atomic mass is 10.0. The van der Waals surface area contributed by atoms with Crippen LogP contribution in [0.5, 0.6) is 0 Å². The van der Waals surface area contributed by atoms with Gasteiger partial charge in [0.25, 0.3) is 6.04 Å². The molecule has 0 aromatic heterocycles. The number of alkyl halides is 3. The van der Waals surface area contributed by atoms with Gasteiger partial charge in [0.05, 0.1) is 12.7 Å². The lowest BCUT2D eigenvalue weighted by molar-refractivity contribution is -0.141. The lowest BCUT2D eigenvalue weighted by Gasteiger charge is -2.08. The summed E-state index contributed by atoms with van der Waals surface area (Å²) in [6, 6.07) is 3.37. The first-order valence-corrected chi connectivity index (χ1v) is 4.99. The standard InChI is InChI=1S/C12H10F3NO2/c1-16-10(7-11(17)18-2)8-3-5-9(6-4-8)12(13,14)15/h3-6,10H,7H2,2H3. The number of hydrogen-bond donors (Lipinski definition) is 0. The molecule has 3 nitrogen and oxygen atoms in total. The summed E-state index contributed by atoms with van der Waals surface area (Å²) in [5.74, 6) is -0.573. The van der Waals surface area contributed by atoms with Crippen LogP contribution in [0.2, 0.25) is 0 Å². The van der Waals surface area contributed by atoms with Crippen molar-refractivity contribution in [2.45, 2.75) is 18.6 Å². The van der Waals surface area contributed by atoms with E-state index < -0.39 is 23.8 Å². The van der Waals surface area contributed by atoms with E-state index in [1.54, 1.807) is 0 Å². The quantitative estimate of drug-likeness (QED) is 0.614. The van der Waals surface area contributed by atoms with E-state index in [0.717, 1.165) is 12.1 Å². The SMILES string of the molecule is [C-]#[N+]C(CC(=O)OC)c1ccc(C(F)(F)F)cc1. The van der Waals surface area contributed by atoms with Gasteiger partial charge in [-0.15, -0.1) is 0 Å². The normalized spacial score (nSPS) is 12.6. The van der Waals surface area contributed by atoms with E-state index in [-0.39, 0.29) is 6.42 Å². The van der Waals surface area contributed by atoms with Gasteiger partial charge in [-0.1, -0.05) is 12.1 Å². The topological polar surface area (TPSA) is 30.7 Å². The van der Waals surface area contributed by atoms with Crippen molar-refractivity contribution in [3.05, 3.63) is 46.8 Å². The highest BCUT2D eigenvalue weighted by Crippen LogP contribution is 2.31. The molecule has 0 bridgehead atoms. The molecule has 0 saturated carbocycles. The molecule has 96 valence electrons. The molecular formula is C12H10F3NO2. The fourth-order valence-electron chi connectivity index (χ4n) is 1.37. The number of esters is 1. The van der Waals surface area contributed by atoms with Crippen molar-refractivity contribution in [2.24, 2.45) is 0 Å². The molecule has 1 rings (SSSR count). The molecule has 0 aliphatic heterocycles. The van der Waals surface area contributed by atoms with Crippen molar-refractivity contribution in [3.8, 4) is 0 Å². The van der Waals surface area contributed by atoms with Crippen LogP contribution in [0.1, 0.15) is 23.6 Å². The first kappa shape index (κ1) is 14.0. The highest BCUT2D eigenvalue weighted by Gasteiger charge is 2.31. The Balaban J connectivity index is 2.90. The average Bonchev–Trinajstić information content (AvgIpc) is 2.34. The maximum absolute atomic E-state index is 12.3. The maximum atomic E-state index is 12.3. The predicted octanol–water partition coefficient (Wildman–Crippen LogP) is 3.23. The fourth-order valence-corrected chi connectivity index (χ4v) is 1.37. The summed E-state index contributed by atoms with van der Waals surface area (Å²) >= 11 is 0. The molecule has 0 aliphatic rings. The van der Waals surface area contributed by atoms with Gasteiger partial charge < -0.3 is 9.58 Å². The molecule has 0 amide bonds. The number of hydrogen-bond acceptors (Lipinski definition) is 2. The second-order valence-electron chi connectivity index (χ2n) is 3.54. The van der Waals surface area contributed by atoms with Crippen LogP contribution in [-0.4, -0.2) is 13.1 Å². The van der Waals surface area contributed by atoms with E-state index in [2.05, 4.69) is 9.58 Å². The van der Waals surface area contributed by atoms with Crippen LogP contribution in [0, 0.1) is 6.57 Å². The summed E-state index contributed by atoms with van der Waals surface area (Å²) in [6.45, 7) is 6.94. The third kappa shape index (κ3) is 3.48. The number of rotatable bonds is 3. The van der Waals surface area contributed by atoms with Crippen LogP contribution in [0.25, 0.3) is 4.85 Å². The van der Waals surface area contributed by atoms with E-state index in [1.807, 2.05) is 0 Å². The average molecular weight is 257 g/mol. The van der Waals surface area contributed by atoms with Crippen molar-refractivity contribution in [3.63, 3.8) is 0 Å². The number of carbonyl (C=O) groups is 1. The van der Waals surface area contributed by atoms with Crippen molar-refractivity contribution < 1.29 is 22.7 Å². The Morgan fingerprint density at radius 3 is 2.33 bits per heavy atom. The molecular weight excluding hydrogens is 247 g/mol. The van der Waals surface area contributed by atoms with Crippen molar-refractivity contribution >= 4 is 5.97 Å². The molecule has 0 spiro atoms. The molecule has 0 aliphatic carbocycles. The minimum Gasteiger partial charge on any atom is -0.469 e. The number of halogens is 3. The zero-order chi connectivity index (χ0) is 13.8. The van der Waals surface area contributed by atoms with Gasteiger partial charge in [-0.2, -0.15) is 13.2 Å². The van der Waals surface area contributed by atoms with Gasteiger partial charge in [0.15, 0.2) is 0 Å². The number of ether oxygens (including phenoxy) is 1. The van der Waals surface area contributed by atoms with Gasteiger partial charge in [0.1, 0.15) is 6.42 Å². The Bertz CT molecular complexity index is 460. The highest BCUT2D eigenvalue weighted by atomic mass is 19.4. The van der Waals surface area contributed by atoms with Gasteiger partial charge in [-0.3, -0.25) is 4.79 Å². The molecule has 1 aromatic carbocycles. The summed E-state index contributed by atoms with van der Waals surface area (Å²) in [6.07, 6.45) is -4.58. The molecule has 1 unspecified atom stereocenters. The van der Waals surface area contributed by atoms with Gasteiger partial charge >= 0.3 is 12.1 Å². The Morgan fingerprint density at radius 2 is 1.94 bits per heavy atom. The van der Waals surface area contributed by atoms with Crippen molar-refractivity contribution in [1.82, 2.24) is 0 Å². The maximum Gasteiger partial charge on any atom is 0.416 e. The largest absolute Gasteiger partial charge is 0.469 e. The Hall–Kier alpha value is -2.03. The third-order valence-corrected chi connectivity index (χ3v) is 2.37. The molecule has 0 fully saturated rings. The number of carbonyl (C=O) groups excluding carboxylic acids is 1. The zero-order valence-corrected chi connectivity index (χ0v) is 9.49. The Kier molecular flexibility index (Phi) is 4.32. The minimum atomic E-state index is -4.41. The second-order valence-corrected chi connectivity index (χ2v) is 3.54. The molecule has 1 atom stereocenters. The smallest absolute Gasteiger partial charge is 0.416 e. The molecule has 0 radical (unpaired) electrons. The van der Waals surface area contributed by atoms with Crippen LogP contribution in [0.4, 0.5) is 13.2 Å². The van der Waals surface area contributed by atoms with E-state index in [1.165, 1.54) is 19.2 Å². The summed E-state index contributed by atoms with van der Waals surface area (Å²) in [4.78, 5) is 14.2. The molecule has 18 heavy (non-hydrogen) atoms. The summed E-state index contributed by atoms with van der Waals surface area (Å²) < 4.78 is 41.4. The van der Waals surface area contributed by atoms with Gasteiger partial charge in [-0.25, -0.2) is 6.57 Å². The number of benzene rings is 1. The van der Waals surface area contributed by atoms with E-state index in [4.69, 9.17) is 6.57 Å². The number of nitrogens with zero attached hydrogens (tertiary/aromatic N) is 1. The van der Waals surface area contributed by atoms with Crippen molar-refractivity contribution in [1.29, 1.82) is 0 Å². The van der Waals surface area contributed by atoms with Crippen LogP contribution < -0.4 is 0 Å². The van der Waals surface area contributed by atoms with E-state index >= 15 is 0 Å². The lowest BCUT2D eigenvalue weighted by Crippen LogP contribution is -2.07. The zero-order valence-electron chi connectivity index (χ0n) is 9.49. The third-order valence-electron chi connectivity index (χ3n) is 2.37. The molecule has 0 heterocycles. The van der Waals surface area contributed by atoms with Gasteiger partial charge in [-0.05, 0) is 12.1 Å². The Labute approximate surface area is 102 Å². The van der Waals surface area contributed by atoms with E-state index in [0.29, 0.717) is 5.56 Å². The van der Waals surface area contributed by atoms with Crippen LogP contribution in [0.15, 0.2) is 24.3 Å². The second kappa shape index (κ2) is 5.54. The Morgan fingerprint density at radius 1 is 1.39 bits per heavy atom. The first-order chi connectivity index (χ1) is 8.38. The molecule has 6 heteroatoms. The monoisotopic (exact) mass is 257 g/mol. The van der Waals surface area contributed by atoms with Gasteiger partial charge in [0.2, 0.25) is 0 Å². The van der Waals surface area contributed by atoms with Crippen LogP contribution >= 0.6 is 0 Å². The van der Waals surface area contributed by atoms with Crippen LogP contribution in [-0.2, 0) is 15.7 Å². The summed E-state index contributed by atoms with van der Waals surface area (Å²) in [5.41, 5.74) is -0.420. The molecule has 0 saturated heterocycles. The van der Waals surface area contributed by atoms with Crippen LogP contribution in [0.3, 0.4) is 0 Å². The minimum absolute atomic E-state index is 0.175. The molecule has 0 N–H and O–H groups in total. The highest BCUT2D eigenvalue weighted by molar-refractivity contribution is 5.70. The molecule has 1 aromatic rings. The summed E-state index contributed by atoms with van der Waals surface area (Å²) in [7, 11) is 1.19. The summed E-state index contributed by atoms with van der Waals surface area (Å²) in [5, 5.41) is 0. The fraction of sp³-hybridized carbons (Fsp3) is 0.333. The van der Waals surface area contributed by atoms with Crippen molar-refractivity contribution in [2.75, 3.05) is 7.11 Å². The predicted molar refractivity (Wildman–Crippen MR) is 57.4 cm³/mol.